The predicted molar refractivity (Wildman–Crippen MR) is 117 cm³/mol. The lowest BCUT2D eigenvalue weighted by Gasteiger charge is -2.15. The minimum Gasteiger partial charge on any atom is -0.449 e. The van der Waals surface area contributed by atoms with Gasteiger partial charge in [0.15, 0.2) is 0 Å². The van der Waals surface area contributed by atoms with Crippen molar-refractivity contribution >= 4 is 21.8 Å². The maximum Gasteiger partial charge on any atom is 0.421 e. The van der Waals surface area contributed by atoms with E-state index in [1.165, 1.54) is 0 Å². The van der Waals surface area contributed by atoms with Crippen LogP contribution in [0.3, 0.4) is 0 Å². The van der Waals surface area contributed by atoms with Crippen LogP contribution in [0.4, 0.5) is 10.5 Å². The molecule has 2 aromatic carbocycles. The van der Waals surface area contributed by atoms with Crippen LogP contribution in [0.15, 0.2) is 47.4 Å². The van der Waals surface area contributed by atoms with E-state index in [9.17, 15) is 13.2 Å². The molecule has 158 valence electrons. The Morgan fingerprint density at radius 1 is 1.10 bits per heavy atom. The normalized spacial score (nSPS) is 11.3. The number of unbranched alkanes of at least 4 members (excludes halogenated alkanes) is 1. The van der Waals surface area contributed by atoms with E-state index in [1.807, 2.05) is 49.0 Å². The molecule has 0 aliphatic heterocycles. The maximum absolute atomic E-state index is 12.9. The van der Waals surface area contributed by atoms with Gasteiger partial charge in [-0.3, -0.25) is 0 Å². The Morgan fingerprint density at radius 2 is 1.79 bits per heavy atom. The zero-order valence-corrected chi connectivity index (χ0v) is 18.3. The molecule has 29 heavy (non-hydrogen) atoms. The summed E-state index contributed by atoms with van der Waals surface area (Å²) in [5.41, 5.74) is 3.28. The smallest absolute Gasteiger partial charge is 0.421 e. The molecule has 0 aromatic heterocycles. The van der Waals surface area contributed by atoms with Crippen molar-refractivity contribution < 1.29 is 17.9 Å². The second-order valence-electron chi connectivity index (χ2n) is 7.35. The van der Waals surface area contributed by atoms with E-state index in [0.717, 1.165) is 29.7 Å². The fourth-order valence-corrected chi connectivity index (χ4v) is 4.06. The van der Waals surface area contributed by atoms with E-state index in [2.05, 4.69) is 19.2 Å². The van der Waals surface area contributed by atoms with Crippen LogP contribution in [0.5, 0.6) is 0 Å². The van der Waals surface area contributed by atoms with Crippen molar-refractivity contribution in [3.05, 3.63) is 48.0 Å². The van der Waals surface area contributed by atoms with Crippen molar-refractivity contribution in [2.24, 2.45) is 5.92 Å². The Bertz CT molecular complexity index is 922. The van der Waals surface area contributed by atoms with Crippen molar-refractivity contribution in [1.29, 1.82) is 0 Å². The minimum atomic E-state index is -4.08. The van der Waals surface area contributed by atoms with Crippen LogP contribution in [0.2, 0.25) is 0 Å². The second-order valence-corrected chi connectivity index (χ2v) is 9.00. The maximum atomic E-state index is 12.9. The largest absolute Gasteiger partial charge is 0.449 e. The molecule has 0 unspecified atom stereocenters. The lowest BCUT2D eigenvalue weighted by atomic mass is 9.98. The molecule has 6 nitrogen and oxygen atoms in total. The molecule has 0 fully saturated rings. The third kappa shape index (κ3) is 6.49. The summed E-state index contributed by atoms with van der Waals surface area (Å²) < 4.78 is 32.8. The summed E-state index contributed by atoms with van der Waals surface area (Å²) in [4.78, 5) is 12.0. The average molecular weight is 419 g/mol. The van der Waals surface area contributed by atoms with Crippen molar-refractivity contribution in [1.82, 2.24) is 4.72 Å². The lowest BCUT2D eigenvalue weighted by molar-refractivity contribution is 0.151. The molecule has 0 heterocycles. The van der Waals surface area contributed by atoms with Gasteiger partial charge in [-0.05, 0) is 54.2 Å². The Balaban J connectivity index is 2.42. The van der Waals surface area contributed by atoms with Gasteiger partial charge in [-0.1, -0.05) is 45.4 Å². The van der Waals surface area contributed by atoms with Crippen LogP contribution in [0, 0.1) is 5.92 Å². The summed E-state index contributed by atoms with van der Waals surface area (Å²) in [6.45, 7) is 6.37. The molecule has 1 amide bonds. The number of ether oxygens (including phenoxy) is 1. The Labute approximate surface area is 173 Å². The highest BCUT2D eigenvalue weighted by atomic mass is 32.2. The minimum absolute atomic E-state index is 0.0506. The number of nitrogens with one attached hydrogen (secondary N) is 2. The van der Waals surface area contributed by atoms with Crippen molar-refractivity contribution in [2.45, 2.75) is 44.9 Å². The van der Waals surface area contributed by atoms with Gasteiger partial charge in [0.2, 0.25) is 0 Å². The second kappa shape index (κ2) is 10.3. The van der Waals surface area contributed by atoms with Crippen LogP contribution >= 0.6 is 0 Å². The van der Waals surface area contributed by atoms with E-state index in [0.29, 0.717) is 17.9 Å². The van der Waals surface area contributed by atoms with Crippen molar-refractivity contribution in [3.63, 3.8) is 0 Å². The van der Waals surface area contributed by atoms with Crippen LogP contribution < -0.4 is 10.0 Å². The molecule has 0 spiro atoms. The molecule has 0 bridgehead atoms. The van der Waals surface area contributed by atoms with Gasteiger partial charge in [-0.25, -0.2) is 17.9 Å². The van der Waals surface area contributed by atoms with Gasteiger partial charge in [-0.15, -0.1) is 0 Å². The highest BCUT2D eigenvalue weighted by Gasteiger charge is 2.23. The predicted octanol–water partition coefficient (Wildman–Crippen LogP) is 4.81. The summed E-state index contributed by atoms with van der Waals surface area (Å²) >= 11 is 0. The quantitative estimate of drug-likeness (QED) is 0.571. The summed E-state index contributed by atoms with van der Waals surface area (Å²) in [5, 5.41) is 3.05. The summed E-state index contributed by atoms with van der Waals surface area (Å²) in [6.07, 6.45) is 1.40. The molecule has 7 heteroatoms. The molecule has 0 radical (unpaired) electrons. The van der Waals surface area contributed by atoms with Gasteiger partial charge in [0, 0.05) is 18.3 Å². The summed E-state index contributed by atoms with van der Waals surface area (Å²) in [7, 11) is -2.25. The van der Waals surface area contributed by atoms with Gasteiger partial charge in [0.05, 0.1) is 11.5 Å². The third-order valence-electron chi connectivity index (χ3n) is 4.41. The van der Waals surface area contributed by atoms with Crippen LogP contribution in [-0.2, 0) is 21.2 Å². The van der Waals surface area contributed by atoms with Gasteiger partial charge in [0.1, 0.15) is 0 Å². The van der Waals surface area contributed by atoms with Gasteiger partial charge in [-0.2, -0.15) is 0 Å². The molecule has 2 rings (SSSR count). The van der Waals surface area contributed by atoms with Gasteiger partial charge < -0.3 is 10.1 Å². The molecule has 0 aliphatic rings. The number of anilines is 1. The van der Waals surface area contributed by atoms with Crippen molar-refractivity contribution in [3.8, 4) is 11.1 Å². The van der Waals surface area contributed by atoms with Crippen molar-refractivity contribution in [2.75, 3.05) is 19.0 Å². The number of hydrogen-bond acceptors (Lipinski definition) is 5. The first-order valence-corrected chi connectivity index (χ1v) is 11.4. The first kappa shape index (κ1) is 22.7. The summed E-state index contributed by atoms with van der Waals surface area (Å²) in [6, 6.07) is 12.7. The highest BCUT2D eigenvalue weighted by molar-refractivity contribution is 7.90. The number of carbonyl (C=O) groups is 1. The first-order valence-electron chi connectivity index (χ1n) is 9.87. The van der Waals surface area contributed by atoms with Gasteiger partial charge in [0.25, 0.3) is 10.0 Å². The van der Waals surface area contributed by atoms with Gasteiger partial charge >= 0.3 is 6.09 Å². The van der Waals surface area contributed by atoms with E-state index < -0.39 is 16.1 Å². The fourth-order valence-electron chi connectivity index (χ4n) is 2.96. The zero-order valence-electron chi connectivity index (χ0n) is 17.5. The number of sulfonamides is 1. The molecular weight excluding hydrogens is 388 g/mol. The van der Waals surface area contributed by atoms with E-state index in [4.69, 9.17) is 4.74 Å². The van der Waals surface area contributed by atoms with Crippen LogP contribution in [0.1, 0.15) is 39.2 Å². The molecular formula is C22H30N2O4S. The molecule has 0 atom stereocenters. The SMILES string of the molecule is CCCCOC(=O)NS(=O)(=O)c1ccc(CC(C)C)cc1-c1ccc(NC)cc1. The highest BCUT2D eigenvalue weighted by Crippen LogP contribution is 2.30. The van der Waals surface area contributed by atoms with E-state index in [1.54, 1.807) is 12.1 Å². The topological polar surface area (TPSA) is 84.5 Å². The fraction of sp³-hybridized carbons (Fsp3) is 0.409. The number of benzene rings is 2. The molecule has 0 saturated heterocycles. The zero-order chi connectivity index (χ0) is 21.4. The molecule has 0 saturated carbocycles. The number of carbonyl (C=O) groups excluding carboxylic acids is 1. The van der Waals surface area contributed by atoms with E-state index in [-0.39, 0.29) is 11.5 Å². The number of rotatable bonds is 9. The third-order valence-corrected chi connectivity index (χ3v) is 5.78. The Kier molecular flexibility index (Phi) is 8.08. The Morgan fingerprint density at radius 3 is 2.38 bits per heavy atom. The number of hydrogen-bond donors (Lipinski definition) is 2. The Hall–Kier alpha value is -2.54. The summed E-state index contributed by atoms with van der Waals surface area (Å²) in [5.74, 6) is 0.434. The van der Waals surface area contributed by atoms with Crippen LogP contribution in [0.25, 0.3) is 11.1 Å². The monoisotopic (exact) mass is 418 g/mol. The average Bonchev–Trinajstić information content (AvgIpc) is 2.67. The van der Waals surface area contributed by atoms with Crippen LogP contribution in [-0.4, -0.2) is 28.2 Å². The standard InChI is InChI=1S/C22H30N2O4S/c1-5-6-13-28-22(25)24-29(26,27)21-12-7-17(14-16(2)3)15-20(21)18-8-10-19(23-4)11-9-18/h7-12,15-16,23H,5-6,13-14H2,1-4H3,(H,24,25). The molecule has 2 N–H and O–H groups in total. The first-order chi connectivity index (χ1) is 13.8. The number of amides is 1. The lowest BCUT2D eigenvalue weighted by Crippen LogP contribution is -2.31. The molecule has 2 aromatic rings. The van der Waals surface area contributed by atoms with E-state index >= 15 is 0 Å². The molecule has 0 aliphatic carbocycles.